The molecule has 0 aliphatic heterocycles. The Hall–Kier alpha value is -1.36. The monoisotopic (exact) mass is 184 g/mol. The number of nitrogens with one attached hydrogen (secondary N) is 1. The molecular weight excluding hydrogens is 172 g/mol. The van der Waals surface area contributed by atoms with Crippen molar-refractivity contribution < 1.29 is 9.34 Å². The molecule has 5 heteroatoms. The molecule has 0 fully saturated rings. The Bertz CT molecular complexity index is 283. The van der Waals surface area contributed by atoms with Crippen molar-refractivity contribution in [1.82, 2.24) is 5.32 Å². The van der Waals surface area contributed by atoms with Gasteiger partial charge in [-0.2, -0.15) is 0 Å². The Labute approximate surface area is 75.9 Å². The van der Waals surface area contributed by atoms with Gasteiger partial charge in [-0.25, -0.2) is 0 Å². The Morgan fingerprint density at radius 2 is 2.38 bits per heavy atom. The first-order valence-electron chi connectivity index (χ1n) is 4.18. The van der Waals surface area contributed by atoms with Gasteiger partial charge in [0.1, 0.15) is 10.7 Å². The third-order valence-electron chi connectivity index (χ3n) is 1.55. The average Bonchev–Trinajstić information content (AvgIpc) is 2.53. The summed E-state index contributed by atoms with van der Waals surface area (Å²) in [6.07, 6.45) is 1.03. The minimum absolute atomic E-state index is 0.201. The van der Waals surface area contributed by atoms with Gasteiger partial charge in [-0.05, 0) is 19.0 Å². The van der Waals surface area contributed by atoms with Crippen LogP contribution >= 0.6 is 0 Å². The molecule has 72 valence electrons. The fourth-order valence-corrected chi connectivity index (χ4v) is 0.948. The van der Waals surface area contributed by atoms with Crippen molar-refractivity contribution in [3.8, 4) is 0 Å². The summed E-state index contributed by atoms with van der Waals surface area (Å²) in [6.45, 7) is 3.48. The van der Waals surface area contributed by atoms with Crippen molar-refractivity contribution in [2.24, 2.45) is 0 Å². The third-order valence-corrected chi connectivity index (χ3v) is 1.55. The Kier molecular flexibility index (Phi) is 3.45. The average molecular weight is 184 g/mol. The number of nitrogens with zero attached hydrogens (tertiary/aromatic N) is 1. The van der Waals surface area contributed by atoms with E-state index >= 15 is 0 Å². The summed E-state index contributed by atoms with van der Waals surface area (Å²) in [5.74, 6) is 0.397. The maximum Gasteiger partial charge on any atom is 0.433 e. The molecular formula is C8H12N2O3. The van der Waals surface area contributed by atoms with Crippen LogP contribution in [0.1, 0.15) is 19.1 Å². The van der Waals surface area contributed by atoms with E-state index in [0.29, 0.717) is 12.3 Å². The lowest BCUT2D eigenvalue weighted by Crippen LogP contribution is -2.12. The van der Waals surface area contributed by atoms with Crippen molar-refractivity contribution >= 4 is 5.88 Å². The third kappa shape index (κ3) is 2.87. The van der Waals surface area contributed by atoms with Gasteiger partial charge in [-0.15, -0.1) is 0 Å². The van der Waals surface area contributed by atoms with Crippen molar-refractivity contribution in [3.05, 3.63) is 28.0 Å². The topological polar surface area (TPSA) is 68.3 Å². The Balaban J connectivity index is 2.44. The van der Waals surface area contributed by atoms with E-state index in [9.17, 15) is 10.1 Å². The molecule has 0 bridgehead atoms. The van der Waals surface area contributed by atoms with E-state index in [1.54, 1.807) is 6.07 Å². The van der Waals surface area contributed by atoms with E-state index in [0.717, 1.165) is 13.0 Å². The molecule has 1 rings (SSSR count). The first kappa shape index (κ1) is 9.73. The highest BCUT2D eigenvalue weighted by molar-refractivity contribution is 5.17. The van der Waals surface area contributed by atoms with Crippen LogP contribution in [0.25, 0.3) is 0 Å². The quantitative estimate of drug-likeness (QED) is 0.429. The van der Waals surface area contributed by atoms with E-state index in [1.165, 1.54) is 6.07 Å². The summed E-state index contributed by atoms with van der Waals surface area (Å²) in [4.78, 5) is 9.70. The molecule has 5 nitrogen and oxygen atoms in total. The zero-order valence-corrected chi connectivity index (χ0v) is 7.45. The standard InChI is InChI=1S/C8H12N2O3/c1-2-5-9-6-7-3-4-8(13-7)10(11)12/h3-4,9H,2,5-6H2,1H3. The van der Waals surface area contributed by atoms with E-state index < -0.39 is 4.92 Å². The zero-order chi connectivity index (χ0) is 9.68. The Morgan fingerprint density at radius 3 is 2.92 bits per heavy atom. The van der Waals surface area contributed by atoms with Crippen LogP contribution in [-0.4, -0.2) is 11.5 Å². The highest BCUT2D eigenvalue weighted by Gasteiger charge is 2.10. The van der Waals surface area contributed by atoms with Crippen molar-refractivity contribution in [2.75, 3.05) is 6.54 Å². The summed E-state index contributed by atoms with van der Waals surface area (Å²) in [7, 11) is 0. The number of furan rings is 1. The highest BCUT2D eigenvalue weighted by Crippen LogP contribution is 2.14. The predicted molar refractivity (Wildman–Crippen MR) is 47.4 cm³/mol. The predicted octanol–water partition coefficient (Wildman–Crippen LogP) is 1.69. The van der Waals surface area contributed by atoms with Gasteiger partial charge in [0.2, 0.25) is 0 Å². The van der Waals surface area contributed by atoms with Crippen LogP contribution in [0.3, 0.4) is 0 Å². The smallest absolute Gasteiger partial charge is 0.404 e. The van der Waals surface area contributed by atoms with Gasteiger partial charge >= 0.3 is 5.88 Å². The first-order chi connectivity index (χ1) is 6.24. The lowest BCUT2D eigenvalue weighted by molar-refractivity contribution is -0.402. The SMILES string of the molecule is CCCNCc1ccc([N+](=O)[O-])o1. The molecule has 1 N–H and O–H groups in total. The molecule has 0 atom stereocenters. The first-order valence-corrected chi connectivity index (χ1v) is 4.18. The van der Waals surface area contributed by atoms with E-state index in [2.05, 4.69) is 12.2 Å². The maximum atomic E-state index is 10.2. The number of rotatable bonds is 5. The van der Waals surface area contributed by atoms with E-state index in [4.69, 9.17) is 4.42 Å². The number of hydrogen-bond donors (Lipinski definition) is 1. The summed E-state index contributed by atoms with van der Waals surface area (Å²) in [5, 5.41) is 13.3. The fourth-order valence-electron chi connectivity index (χ4n) is 0.948. The minimum Gasteiger partial charge on any atom is -0.404 e. The molecule has 0 amide bonds. The van der Waals surface area contributed by atoms with Gasteiger partial charge in [0.05, 0.1) is 12.6 Å². The van der Waals surface area contributed by atoms with Crippen LogP contribution < -0.4 is 5.32 Å². The fraction of sp³-hybridized carbons (Fsp3) is 0.500. The van der Waals surface area contributed by atoms with Gasteiger partial charge in [-0.1, -0.05) is 6.92 Å². The Morgan fingerprint density at radius 1 is 1.62 bits per heavy atom. The number of nitro groups is 1. The molecule has 0 spiro atoms. The molecule has 1 aromatic heterocycles. The number of hydrogen-bond acceptors (Lipinski definition) is 4. The zero-order valence-electron chi connectivity index (χ0n) is 7.45. The van der Waals surface area contributed by atoms with Crippen LogP contribution in [0.5, 0.6) is 0 Å². The summed E-state index contributed by atoms with van der Waals surface area (Å²) < 4.78 is 4.93. The van der Waals surface area contributed by atoms with Crippen LogP contribution in [-0.2, 0) is 6.54 Å². The maximum absolute atomic E-state index is 10.2. The summed E-state index contributed by atoms with van der Waals surface area (Å²) in [6, 6.07) is 2.98. The second-order valence-electron chi connectivity index (χ2n) is 2.67. The normalized spacial score (nSPS) is 10.2. The van der Waals surface area contributed by atoms with Crippen molar-refractivity contribution in [2.45, 2.75) is 19.9 Å². The van der Waals surface area contributed by atoms with Gasteiger partial charge in [0.15, 0.2) is 0 Å². The van der Waals surface area contributed by atoms with Gasteiger partial charge in [0, 0.05) is 0 Å². The molecule has 13 heavy (non-hydrogen) atoms. The van der Waals surface area contributed by atoms with Gasteiger partial charge in [0.25, 0.3) is 0 Å². The van der Waals surface area contributed by atoms with Crippen LogP contribution in [0.2, 0.25) is 0 Å². The van der Waals surface area contributed by atoms with Crippen LogP contribution in [0.15, 0.2) is 16.5 Å². The lowest BCUT2D eigenvalue weighted by Gasteiger charge is -1.97. The second-order valence-corrected chi connectivity index (χ2v) is 2.67. The molecule has 1 aromatic rings. The molecule has 0 aromatic carbocycles. The molecule has 0 aliphatic rings. The van der Waals surface area contributed by atoms with Crippen LogP contribution in [0.4, 0.5) is 5.88 Å². The van der Waals surface area contributed by atoms with Crippen LogP contribution in [0, 0.1) is 10.1 Å². The summed E-state index contributed by atoms with van der Waals surface area (Å²) >= 11 is 0. The molecule has 0 unspecified atom stereocenters. The second kappa shape index (κ2) is 4.61. The lowest BCUT2D eigenvalue weighted by atomic mass is 10.4. The van der Waals surface area contributed by atoms with Crippen molar-refractivity contribution in [3.63, 3.8) is 0 Å². The van der Waals surface area contributed by atoms with E-state index in [-0.39, 0.29) is 5.88 Å². The van der Waals surface area contributed by atoms with Gasteiger partial charge in [-0.3, -0.25) is 10.1 Å². The van der Waals surface area contributed by atoms with Crippen molar-refractivity contribution in [1.29, 1.82) is 0 Å². The molecule has 0 radical (unpaired) electrons. The molecule has 0 aliphatic carbocycles. The summed E-state index contributed by atoms with van der Waals surface area (Å²) in [5.41, 5.74) is 0. The largest absolute Gasteiger partial charge is 0.433 e. The van der Waals surface area contributed by atoms with E-state index in [1.807, 2.05) is 0 Å². The molecule has 1 heterocycles. The highest BCUT2D eigenvalue weighted by atomic mass is 16.6. The molecule has 0 saturated carbocycles. The van der Waals surface area contributed by atoms with Gasteiger partial charge < -0.3 is 9.73 Å². The molecule has 0 saturated heterocycles. The minimum atomic E-state index is -0.538.